The minimum atomic E-state index is -1.01. The van der Waals surface area contributed by atoms with Gasteiger partial charge < -0.3 is 15.0 Å². The number of rotatable bonds is 5. The first-order valence-corrected chi connectivity index (χ1v) is 14.5. The Morgan fingerprint density at radius 1 is 0.955 bits per heavy atom. The van der Waals surface area contributed by atoms with Gasteiger partial charge in [-0.15, -0.1) is 10.2 Å². The molecule has 1 aliphatic rings. The molecule has 1 atom stereocenters. The molecule has 0 saturated carbocycles. The van der Waals surface area contributed by atoms with Gasteiger partial charge in [-0.05, 0) is 56.2 Å². The molecule has 1 aliphatic heterocycles. The SMILES string of the molecule is Cc1ccc2c(c1)c(-c1cncc(C(=O)O)c1)c1n2C[C@H](NC(=O)c2ccc(-n3cnnc3)cc2Cl)CC1.c1ccccc1. The molecule has 0 spiro atoms. The van der Waals surface area contributed by atoms with Gasteiger partial charge in [0.15, 0.2) is 0 Å². The van der Waals surface area contributed by atoms with E-state index < -0.39 is 5.97 Å². The number of hydrogen-bond acceptors (Lipinski definition) is 5. The number of carbonyl (C=O) groups excluding carboxylic acids is 1. The van der Waals surface area contributed by atoms with E-state index in [4.69, 9.17) is 11.6 Å². The summed E-state index contributed by atoms with van der Waals surface area (Å²) in [6.45, 7) is 2.62. The fourth-order valence-electron chi connectivity index (χ4n) is 5.58. The summed E-state index contributed by atoms with van der Waals surface area (Å²) < 4.78 is 3.94. The van der Waals surface area contributed by atoms with Gasteiger partial charge in [0.1, 0.15) is 12.7 Å². The number of benzene rings is 3. The Balaban J connectivity index is 0.000000513. The molecular formula is C34H29ClN6O3. The fourth-order valence-corrected chi connectivity index (χ4v) is 5.84. The number of nitrogens with one attached hydrogen (secondary N) is 1. The zero-order valence-corrected chi connectivity index (χ0v) is 24.6. The fraction of sp³-hybridized carbons (Fsp3) is 0.147. The maximum atomic E-state index is 13.2. The van der Waals surface area contributed by atoms with Crippen molar-refractivity contribution in [1.29, 1.82) is 0 Å². The van der Waals surface area contributed by atoms with E-state index in [9.17, 15) is 14.7 Å². The molecule has 0 fully saturated rings. The van der Waals surface area contributed by atoms with Gasteiger partial charge in [-0.2, -0.15) is 0 Å². The molecule has 220 valence electrons. The summed E-state index contributed by atoms with van der Waals surface area (Å²) in [4.78, 5) is 29.0. The van der Waals surface area contributed by atoms with Crippen molar-refractivity contribution in [2.75, 3.05) is 0 Å². The van der Waals surface area contributed by atoms with Crippen molar-refractivity contribution in [3.8, 4) is 16.8 Å². The van der Waals surface area contributed by atoms with E-state index >= 15 is 0 Å². The summed E-state index contributed by atoms with van der Waals surface area (Å²) in [5.41, 5.74) is 6.35. The number of pyridine rings is 1. The first-order chi connectivity index (χ1) is 21.4. The number of fused-ring (bicyclic) bond motifs is 3. The molecular weight excluding hydrogens is 576 g/mol. The molecule has 3 aromatic heterocycles. The number of carboxylic acids is 1. The van der Waals surface area contributed by atoms with Crippen LogP contribution in [0.1, 0.15) is 38.4 Å². The predicted molar refractivity (Wildman–Crippen MR) is 169 cm³/mol. The van der Waals surface area contributed by atoms with Gasteiger partial charge in [0.25, 0.3) is 5.91 Å². The molecule has 2 N–H and O–H groups in total. The molecule has 10 heteroatoms. The number of aromatic carboxylic acids is 1. The van der Waals surface area contributed by atoms with Crippen LogP contribution in [0.5, 0.6) is 0 Å². The number of halogens is 1. The Morgan fingerprint density at radius 3 is 2.36 bits per heavy atom. The lowest BCUT2D eigenvalue weighted by atomic mass is 9.96. The van der Waals surface area contributed by atoms with Crippen LogP contribution in [0.3, 0.4) is 0 Å². The Hall–Kier alpha value is -5.28. The number of hydrogen-bond donors (Lipinski definition) is 2. The summed E-state index contributed by atoms with van der Waals surface area (Å²) >= 11 is 6.47. The van der Waals surface area contributed by atoms with Gasteiger partial charge in [0.2, 0.25) is 0 Å². The van der Waals surface area contributed by atoms with Crippen LogP contribution in [0.25, 0.3) is 27.7 Å². The molecule has 4 heterocycles. The van der Waals surface area contributed by atoms with E-state index in [-0.39, 0.29) is 17.5 Å². The van der Waals surface area contributed by atoms with E-state index in [1.165, 1.54) is 6.20 Å². The quantitative estimate of drug-likeness (QED) is 0.236. The van der Waals surface area contributed by atoms with E-state index in [1.807, 2.05) is 43.3 Å². The highest BCUT2D eigenvalue weighted by Crippen LogP contribution is 2.38. The lowest BCUT2D eigenvalue weighted by molar-refractivity contribution is 0.0696. The summed E-state index contributed by atoms with van der Waals surface area (Å²) in [5, 5.41) is 21.6. The van der Waals surface area contributed by atoms with Crippen molar-refractivity contribution < 1.29 is 14.7 Å². The van der Waals surface area contributed by atoms with Crippen molar-refractivity contribution in [3.05, 3.63) is 131 Å². The first-order valence-electron chi connectivity index (χ1n) is 14.1. The second kappa shape index (κ2) is 12.5. The molecule has 0 bridgehead atoms. The van der Waals surface area contributed by atoms with Crippen LogP contribution >= 0.6 is 11.6 Å². The molecule has 0 saturated heterocycles. The van der Waals surface area contributed by atoms with Crippen molar-refractivity contribution in [2.24, 2.45) is 0 Å². The standard InChI is InChI=1S/C28H23ClN6O3.C6H6/c1-16-2-6-24-22(8-16)26(17-9-18(28(37)38)12-30-11-17)25-7-3-19(13-35(24)25)33-27(36)21-5-4-20(10-23(21)29)34-14-31-32-15-34;1-2-4-6-5-3-1/h2,4-6,8-12,14-15,19H,3,7,13H2,1H3,(H,33,36)(H,37,38);1-6H/t19-;/m1./s1. The number of carbonyl (C=O) groups is 2. The average molecular weight is 605 g/mol. The highest BCUT2D eigenvalue weighted by molar-refractivity contribution is 6.34. The van der Waals surface area contributed by atoms with Crippen LogP contribution in [0.2, 0.25) is 5.02 Å². The predicted octanol–water partition coefficient (Wildman–Crippen LogP) is 6.38. The van der Waals surface area contributed by atoms with Gasteiger partial charge in [-0.25, -0.2) is 4.79 Å². The second-order valence-corrected chi connectivity index (χ2v) is 11.0. The molecule has 7 rings (SSSR count). The van der Waals surface area contributed by atoms with Gasteiger partial charge in [0.05, 0.1) is 16.1 Å². The Bertz CT molecular complexity index is 1930. The smallest absolute Gasteiger partial charge is 0.337 e. The molecule has 6 aromatic rings. The zero-order chi connectivity index (χ0) is 30.6. The third-order valence-electron chi connectivity index (χ3n) is 7.65. The lowest BCUT2D eigenvalue weighted by Crippen LogP contribution is -2.41. The molecule has 0 unspecified atom stereocenters. The summed E-state index contributed by atoms with van der Waals surface area (Å²) in [7, 11) is 0. The van der Waals surface area contributed by atoms with Crippen LogP contribution in [0.15, 0.2) is 104 Å². The Kier molecular flexibility index (Phi) is 8.21. The average Bonchev–Trinajstić information content (AvgIpc) is 3.69. The molecule has 1 amide bonds. The topological polar surface area (TPSA) is 115 Å². The second-order valence-electron chi connectivity index (χ2n) is 10.6. The van der Waals surface area contributed by atoms with Crippen molar-refractivity contribution >= 4 is 34.4 Å². The van der Waals surface area contributed by atoms with Gasteiger partial charge in [-0.3, -0.25) is 14.3 Å². The normalized spacial score (nSPS) is 13.9. The van der Waals surface area contributed by atoms with Crippen LogP contribution in [-0.4, -0.2) is 47.3 Å². The van der Waals surface area contributed by atoms with Crippen molar-refractivity contribution in [1.82, 2.24) is 29.6 Å². The first kappa shape index (κ1) is 28.8. The highest BCUT2D eigenvalue weighted by Gasteiger charge is 2.27. The number of aryl methyl sites for hydroxylation is 1. The minimum Gasteiger partial charge on any atom is -0.478 e. The zero-order valence-electron chi connectivity index (χ0n) is 23.9. The van der Waals surface area contributed by atoms with Crippen LogP contribution < -0.4 is 5.32 Å². The Labute approximate surface area is 258 Å². The van der Waals surface area contributed by atoms with Crippen molar-refractivity contribution in [3.63, 3.8) is 0 Å². The van der Waals surface area contributed by atoms with Gasteiger partial charge in [0, 0.05) is 58.4 Å². The van der Waals surface area contributed by atoms with Gasteiger partial charge in [-0.1, -0.05) is 59.6 Å². The molecule has 0 aliphatic carbocycles. The third-order valence-corrected chi connectivity index (χ3v) is 7.96. The monoisotopic (exact) mass is 604 g/mol. The van der Waals surface area contributed by atoms with Crippen molar-refractivity contribution in [2.45, 2.75) is 32.4 Å². The van der Waals surface area contributed by atoms with E-state index in [0.717, 1.165) is 45.4 Å². The largest absolute Gasteiger partial charge is 0.478 e. The molecule has 44 heavy (non-hydrogen) atoms. The van der Waals surface area contributed by atoms with Gasteiger partial charge >= 0.3 is 5.97 Å². The Morgan fingerprint density at radius 2 is 1.68 bits per heavy atom. The number of aromatic nitrogens is 5. The summed E-state index contributed by atoms with van der Waals surface area (Å²) in [5.74, 6) is -1.24. The van der Waals surface area contributed by atoms with E-state index in [1.54, 1.807) is 47.7 Å². The number of amides is 1. The van der Waals surface area contributed by atoms with Crippen LogP contribution in [0.4, 0.5) is 0 Å². The summed E-state index contributed by atoms with van der Waals surface area (Å²) in [6.07, 6.45) is 7.65. The number of nitrogens with zero attached hydrogens (tertiary/aromatic N) is 5. The summed E-state index contributed by atoms with van der Waals surface area (Å²) in [6, 6.07) is 25.1. The maximum absolute atomic E-state index is 13.2. The molecule has 3 aromatic carbocycles. The minimum absolute atomic E-state index is 0.100. The third kappa shape index (κ3) is 5.95. The number of carboxylic acid groups (broad SMARTS) is 1. The van der Waals surface area contributed by atoms with E-state index in [0.29, 0.717) is 23.6 Å². The van der Waals surface area contributed by atoms with E-state index in [2.05, 4.69) is 43.3 Å². The molecule has 9 nitrogen and oxygen atoms in total. The highest BCUT2D eigenvalue weighted by atomic mass is 35.5. The molecule has 0 radical (unpaired) electrons. The van der Waals surface area contributed by atoms with Crippen LogP contribution in [0, 0.1) is 6.92 Å². The lowest BCUT2D eigenvalue weighted by Gasteiger charge is -2.27. The maximum Gasteiger partial charge on any atom is 0.337 e. The van der Waals surface area contributed by atoms with Crippen LogP contribution in [-0.2, 0) is 13.0 Å².